The van der Waals surface area contributed by atoms with E-state index in [2.05, 4.69) is 10.3 Å². The quantitative estimate of drug-likeness (QED) is 0.398. The summed E-state index contributed by atoms with van der Waals surface area (Å²) in [4.78, 5) is 4.24. The van der Waals surface area contributed by atoms with Crippen LogP contribution in [-0.4, -0.2) is 31.7 Å². The molecule has 0 saturated carbocycles. The Kier molecular flexibility index (Phi) is 5.89. The molecule has 1 unspecified atom stereocenters. The molecule has 2 heterocycles. The van der Waals surface area contributed by atoms with Crippen LogP contribution < -0.4 is 5.32 Å². The van der Waals surface area contributed by atoms with Crippen LogP contribution in [-0.2, 0) is 25.7 Å². The zero-order valence-electron chi connectivity index (χ0n) is 18.7. The Morgan fingerprint density at radius 3 is 2.26 bits per heavy atom. The average molecular weight is 501 g/mol. The standard InChI is InChI=1S/C24H24N2O6S2/c1-15-18-13-16(33(27,28)29)9-11-21(18)25-20(15)7-5-4-6-8-23-24(2,3)19-14-17(34(30,31)32)10-12-22(19)26-23/h4-15,26H,1-3H3,(H,27,28,29)(H,30,31,32)/b6-4+,7-5+,23-8+. The zero-order valence-corrected chi connectivity index (χ0v) is 20.4. The topological polar surface area (TPSA) is 133 Å². The number of rotatable bonds is 5. The van der Waals surface area contributed by atoms with Crippen LogP contribution >= 0.6 is 0 Å². The van der Waals surface area contributed by atoms with E-state index >= 15 is 0 Å². The molecule has 8 nitrogen and oxygen atoms in total. The Bertz CT molecular complexity index is 1510. The highest BCUT2D eigenvalue weighted by atomic mass is 32.2. The largest absolute Gasteiger partial charge is 0.358 e. The molecule has 0 radical (unpaired) electrons. The van der Waals surface area contributed by atoms with E-state index in [-0.39, 0.29) is 15.7 Å². The van der Waals surface area contributed by atoms with E-state index in [0.29, 0.717) is 5.69 Å². The fourth-order valence-electron chi connectivity index (χ4n) is 4.09. The summed E-state index contributed by atoms with van der Waals surface area (Å²) in [6, 6.07) is 8.83. The van der Waals surface area contributed by atoms with E-state index in [4.69, 9.17) is 0 Å². The van der Waals surface area contributed by atoms with Gasteiger partial charge in [-0.25, -0.2) is 0 Å². The molecule has 1 atom stereocenters. The first-order valence-electron chi connectivity index (χ1n) is 10.4. The summed E-state index contributed by atoms with van der Waals surface area (Å²) in [5.74, 6) is -0.123. The number of aliphatic imine (C=N–C) groups is 1. The summed E-state index contributed by atoms with van der Waals surface area (Å²) in [7, 11) is -8.55. The molecule has 2 aromatic carbocycles. The summed E-state index contributed by atoms with van der Waals surface area (Å²) < 4.78 is 64.4. The van der Waals surface area contributed by atoms with Gasteiger partial charge >= 0.3 is 0 Å². The number of nitrogens with one attached hydrogen (secondary N) is 1. The van der Waals surface area contributed by atoms with Gasteiger partial charge in [0.2, 0.25) is 0 Å². The third-order valence-electron chi connectivity index (χ3n) is 6.11. The maximum absolute atomic E-state index is 11.5. The molecule has 2 aliphatic rings. The molecule has 0 aliphatic carbocycles. The average Bonchev–Trinajstić information content (AvgIpc) is 3.19. The number of hydrogen-bond donors (Lipinski definition) is 3. The van der Waals surface area contributed by atoms with Crippen molar-refractivity contribution in [1.82, 2.24) is 0 Å². The van der Waals surface area contributed by atoms with Gasteiger partial charge in [-0.05, 0) is 59.7 Å². The van der Waals surface area contributed by atoms with Crippen LogP contribution in [0.1, 0.15) is 37.8 Å². The van der Waals surface area contributed by atoms with Crippen molar-refractivity contribution >= 4 is 37.3 Å². The van der Waals surface area contributed by atoms with Crippen molar-refractivity contribution in [3.63, 3.8) is 0 Å². The Morgan fingerprint density at radius 2 is 1.59 bits per heavy atom. The molecular formula is C24H24N2O6S2. The Balaban J connectivity index is 1.49. The smallest absolute Gasteiger partial charge is 0.294 e. The van der Waals surface area contributed by atoms with Gasteiger partial charge in [0.05, 0.1) is 15.5 Å². The van der Waals surface area contributed by atoms with E-state index in [1.165, 1.54) is 24.3 Å². The van der Waals surface area contributed by atoms with Crippen molar-refractivity contribution < 1.29 is 25.9 Å². The van der Waals surface area contributed by atoms with E-state index in [1.54, 1.807) is 12.1 Å². The van der Waals surface area contributed by atoms with Gasteiger partial charge in [-0.1, -0.05) is 39.0 Å². The van der Waals surface area contributed by atoms with E-state index < -0.39 is 25.7 Å². The summed E-state index contributed by atoms with van der Waals surface area (Å²) >= 11 is 0. The lowest BCUT2D eigenvalue weighted by molar-refractivity contribution is 0.480. The number of hydrogen-bond acceptors (Lipinski definition) is 6. The second-order valence-corrected chi connectivity index (χ2v) is 11.6. The van der Waals surface area contributed by atoms with Gasteiger partial charge < -0.3 is 5.32 Å². The SMILES string of the molecule is CC1C(/C=C/C=C/C=C2/Nc3ccc(S(=O)(=O)O)cc3C2(C)C)=Nc2ccc(S(=O)(=O)O)cc21. The Labute approximate surface area is 198 Å². The molecule has 0 saturated heterocycles. The van der Waals surface area contributed by atoms with E-state index in [0.717, 1.165) is 28.2 Å². The lowest BCUT2D eigenvalue weighted by Gasteiger charge is -2.20. The summed E-state index contributed by atoms with van der Waals surface area (Å²) in [6.07, 6.45) is 9.24. The first-order chi connectivity index (χ1) is 15.8. The molecule has 0 fully saturated rings. The van der Waals surface area contributed by atoms with Gasteiger partial charge in [-0.15, -0.1) is 0 Å². The van der Waals surface area contributed by atoms with Crippen molar-refractivity contribution in [2.45, 2.75) is 41.9 Å². The third-order valence-corrected chi connectivity index (χ3v) is 7.81. The minimum Gasteiger partial charge on any atom is -0.358 e. The van der Waals surface area contributed by atoms with Crippen molar-refractivity contribution in [3.05, 3.63) is 83.6 Å². The number of benzene rings is 2. The zero-order chi connectivity index (χ0) is 24.9. The van der Waals surface area contributed by atoms with Gasteiger partial charge in [0.15, 0.2) is 0 Å². The molecule has 10 heteroatoms. The molecule has 0 aromatic heterocycles. The fraction of sp³-hybridized carbons (Fsp3) is 0.208. The van der Waals surface area contributed by atoms with Gasteiger partial charge in [0, 0.05) is 28.4 Å². The second-order valence-electron chi connectivity index (χ2n) is 8.71. The minimum absolute atomic E-state index is 0.123. The number of fused-ring (bicyclic) bond motifs is 2. The molecule has 0 amide bonds. The van der Waals surface area contributed by atoms with Gasteiger partial charge in [0.1, 0.15) is 0 Å². The minimum atomic E-state index is -4.28. The Hall–Kier alpha value is -3.05. The highest BCUT2D eigenvalue weighted by Crippen LogP contribution is 2.44. The van der Waals surface area contributed by atoms with Crippen LogP contribution in [0.2, 0.25) is 0 Å². The maximum Gasteiger partial charge on any atom is 0.294 e. The lowest BCUT2D eigenvalue weighted by Crippen LogP contribution is -2.17. The van der Waals surface area contributed by atoms with Crippen LogP contribution in [0.3, 0.4) is 0 Å². The van der Waals surface area contributed by atoms with Crippen molar-refractivity contribution in [2.24, 2.45) is 4.99 Å². The number of anilines is 1. The highest BCUT2D eigenvalue weighted by Gasteiger charge is 2.35. The van der Waals surface area contributed by atoms with Gasteiger partial charge in [0.25, 0.3) is 20.2 Å². The Morgan fingerprint density at radius 1 is 0.941 bits per heavy atom. The lowest BCUT2D eigenvalue weighted by atomic mass is 9.84. The van der Waals surface area contributed by atoms with E-state index in [1.807, 2.05) is 51.2 Å². The molecule has 0 bridgehead atoms. The molecule has 4 rings (SSSR count). The van der Waals surface area contributed by atoms with Gasteiger partial charge in [-0.2, -0.15) is 16.8 Å². The number of allylic oxidation sites excluding steroid dienone is 6. The normalized spacial score (nSPS) is 20.6. The fourth-order valence-corrected chi connectivity index (χ4v) is 5.12. The predicted octanol–water partition coefficient (Wildman–Crippen LogP) is 4.77. The van der Waals surface area contributed by atoms with E-state index in [9.17, 15) is 25.9 Å². The van der Waals surface area contributed by atoms with Crippen LogP contribution in [0.25, 0.3) is 0 Å². The summed E-state index contributed by atoms with van der Waals surface area (Å²) in [5.41, 5.74) is 4.11. The summed E-state index contributed by atoms with van der Waals surface area (Å²) in [6.45, 7) is 5.84. The van der Waals surface area contributed by atoms with Crippen LogP contribution in [0, 0.1) is 0 Å². The number of nitrogens with zero attached hydrogens (tertiary/aromatic N) is 1. The first kappa shape index (κ1) is 24.1. The van der Waals surface area contributed by atoms with Crippen LogP contribution in [0.5, 0.6) is 0 Å². The first-order valence-corrected chi connectivity index (χ1v) is 13.3. The predicted molar refractivity (Wildman–Crippen MR) is 131 cm³/mol. The molecule has 3 N–H and O–H groups in total. The second kappa shape index (κ2) is 8.31. The van der Waals surface area contributed by atoms with Crippen LogP contribution in [0.4, 0.5) is 11.4 Å². The third kappa shape index (κ3) is 4.49. The van der Waals surface area contributed by atoms with Crippen molar-refractivity contribution in [1.29, 1.82) is 0 Å². The maximum atomic E-state index is 11.5. The van der Waals surface area contributed by atoms with Crippen LogP contribution in [0.15, 0.2) is 87.3 Å². The molecule has 0 spiro atoms. The molecule has 178 valence electrons. The molecular weight excluding hydrogens is 476 g/mol. The molecule has 2 aliphatic heterocycles. The highest BCUT2D eigenvalue weighted by molar-refractivity contribution is 7.86. The summed E-state index contributed by atoms with van der Waals surface area (Å²) in [5, 5.41) is 3.29. The van der Waals surface area contributed by atoms with Crippen molar-refractivity contribution in [3.8, 4) is 0 Å². The molecule has 34 heavy (non-hydrogen) atoms. The van der Waals surface area contributed by atoms with Gasteiger partial charge in [-0.3, -0.25) is 14.1 Å². The molecule has 2 aromatic rings. The van der Waals surface area contributed by atoms with Crippen molar-refractivity contribution in [2.75, 3.05) is 5.32 Å². The monoisotopic (exact) mass is 500 g/mol.